The number of anilines is 1. The third-order valence-corrected chi connectivity index (χ3v) is 3.20. The van der Waals surface area contributed by atoms with E-state index >= 15 is 0 Å². The first kappa shape index (κ1) is 13.1. The van der Waals surface area contributed by atoms with Gasteiger partial charge in [-0.25, -0.2) is 0 Å². The van der Waals surface area contributed by atoms with Crippen LogP contribution in [0, 0.1) is 0 Å². The molecule has 0 saturated carbocycles. The molecule has 0 aliphatic rings. The minimum atomic E-state index is 0.714. The first-order chi connectivity index (χ1) is 8.65. The van der Waals surface area contributed by atoms with Gasteiger partial charge in [-0.1, -0.05) is 39.7 Å². The molecule has 0 amide bonds. The van der Waals surface area contributed by atoms with Gasteiger partial charge in [0.15, 0.2) is 0 Å². The van der Waals surface area contributed by atoms with E-state index in [1.54, 1.807) is 0 Å². The van der Waals surface area contributed by atoms with Crippen LogP contribution in [-0.4, -0.2) is 5.71 Å². The van der Waals surface area contributed by atoms with Crippen molar-refractivity contribution >= 4 is 38.9 Å². The lowest BCUT2D eigenvalue weighted by molar-refractivity contribution is 1.32. The van der Waals surface area contributed by atoms with Crippen LogP contribution in [0.2, 0.25) is 5.02 Å². The van der Waals surface area contributed by atoms with Gasteiger partial charge in [0, 0.05) is 9.50 Å². The molecule has 1 N–H and O–H groups in total. The number of hydrogen-bond donors (Lipinski definition) is 1. The van der Waals surface area contributed by atoms with E-state index in [2.05, 4.69) is 26.5 Å². The van der Waals surface area contributed by atoms with Gasteiger partial charge in [0.25, 0.3) is 0 Å². The molecule has 0 saturated heterocycles. The van der Waals surface area contributed by atoms with E-state index in [4.69, 9.17) is 11.6 Å². The van der Waals surface area contributed by atoms with Crippen LogP contribution in [0.25, 0.3) is 0 Å². The van der Waals surface area contributed by atoms with Crippen molar-refractivity contribution in [3.8, 4) is 0 Å². The molecule has 4 heteroatoms. The van der Waals surface area contributed by atoms with E-state index in [9.17, 15) is 0 Å². The van der Waals surface area contributed by atoms with Crippen LogP contribution in [0.15, 0.2) is 58.1 Å². The molecule has 0 unspecified atom stereocenters. The predicted molar refractivity (Wildman–Crippen MR) is 81.4 cm³/mol. The SMILES string of the molecule is C/C(=N/Nc1ccc(Br)cc1)c1cccc(Cl)c1. The van der Waals surface area contributed by atoms with Crippen LogP contribution in [0.5, 0.6) is 0 Å². The first-order valence-electron chi connectivity index (χ1n) is 5.47. The molecule has 0 aliphatic heterocycles. The number of halogens is 2. The van der Waals surface area contributed by atoms with Crippen molar-refractivity contribution in [2.75, 3.05) is 5.43 Å². The highest BCUT2D eigenvalue weighted by atomic mass is 79.9. The van der Waals surface area contributed by atoms with Crippen LogP contribution in [-0.2, 0) is 0 Å². The third kappa shape index (κ3) is 3.59. The van der Waals surface area contributed by atoms with E-state index in [1.807, 2.05) is 55.5 Å². The lowest BCUT2D eigenvalue weighted by atomic mass is 10.1. The van der Waals surface area contributed by atoms with Crippen molar-refractivity contribution in [3.63, 3.8) is 0 Å². The van der Waals surface area contributed by atoms with Crippen molar-refractivity contribution in [1.29, 1.82) is 0 Å². The van der Waals surface area contributed by atoms with E-state index in [0.29, 0.717) is 5.02 Å². The van der Waals surface area contributed by atoms with E-state index in [0.717, 1.165) is 21.4 Å². The summed E-state index contributed by atoms with van der Waals surface area (Å²) >= 11 is 9.33. The summed E-state index contributed by atoms with van der Waals surface area (Å²) in [4.78, 5) is 0. The molecule has 0 aliphatic carbocycles. The number of nitrogens with one attached hydrogen (secondary N) is 1. The second-order valence-corrected chi connectivity index (χ2v) is 5.18. The molecule has 2 aromatic rings. The van der Waals surface area contributed by atoms with Crippen LogP contribution in [0.3, 0.4) is 0 Å². The standard InChI is InChI=1S/C14H12BrClN2/c1-10(11-3-2-4-13(16)9-11)17-18-14-7-5-12(15)6-8-14/h2-9,18H,1H3/b17-10-. The molecule has 0 heterocycles. The summed E-state index contributed by atoms with van der Waals surface area (Å²) in [5, 5.41) is 5.04. The molecule has 0 radical (unpaired) electrons. The Morgan fingerprint density at radius 3 is 2.56 bits per heavy atom. The fourth-order valence-electron chi connectivity index (χ4n) is 1.45. The van der Waals surface area contributed by atoms with Crippen molar-refractivity contribution in [2.24, 2.45) is 5.10 Å². The molecule has 0 spiro atoms. The van der Waals surface area contributed by atoms with E-state index in [1.165, 1.54) is 0 Å². The number of nitrogens with zero attached hydrogens (tertiary/aromatic N) is 1. The number of benzene rings is 2. The molecule has 0 aromatic heterocycles. The highest BCUT2D eigenvalue weighted by Gasteiger charge is 1.98. The summed E-state index contributed by atoms with van der Waals surface area (Å²) in [6, 6.07) is 15.5. The smallest absolute Gasteiger partial charge is 0.0649 e. The van der Waals surface area contributed by atoms with Gasteiger partial charge in [-0.05, 0) is 48.9 Å². The highest BCUT2D eigenvalue weighted by Crippen LogP contribution is 2.15. The maximum absolute atomic E-state index is 5.94. The van der Waals surface area contributed by atoms with Crippen LogP contribution in [0.1, 0.15) is 12.5 Å². The van der Waals surface area contributed by atoms with E-state index < -0.39 is 0 Å². The average molecular weight is 324 g/mol. The number of hydrazone groups is 1. The van der Waals surface area contributed by atoms with Gasteiger partial charge in [-0.15, -0.1) is 0 Å². The molecule has 92 valence electrons. The van der Waals surface area contributed by atoms with Crippen LogP contribution >= 0.6 is 27.5 Å². The van der Waals surface area contributed by atoms with Gasteiger partial charge >= 0.3 is 0 Å². The molecular formula is C14H12BrClN2. The summed E-state index contributed by atoms with van der Waals surface area (Å²) in [7, 11) is 0. The molecule has 2 rings (SSSR count). The zero-order valence-electron chi connectivity index (χ0n) is 9.82. The maximum atomic E-state index is 5.94. The van der Waals surface area contributed by atoms with E-state index in [-0.39, 0.29) is 0 Å². The number of rotatable bonds is 3. The Bertz CT molecular complexity index is 564. The lowest BCUT2D eigenvalue weighted by Crippen LogP contribution is -1.99. The lowest BCUT2D eigenvalue weighted by Gasteiger charge is -2.04. The predicted octanol–water partition coefficient (Wildman–Crippen LogP) is 4.94. The molecule has 0 bridgehead atoms. The Balaban J connectivity index is 2.11. The summed E-state index contributed by atoms with van der Waals surface area (Å²) in [5.41, 5.74) is 5.85. The van der Waals surface area contributed by atoms with Gasteiger partial charge in [0.1, 0.15) is 0 Å². The topological polar surface area (TPSA) is 24.4 Å². The van der Waals surface area contributed by atoms with Crippen molar-refractivity contribution in [3.05, 3.63) is 63.6 Å². The average Bonchev–Trinajstić information content (AvgIpc) is 2.38. The monoisotopic (exact) mass is 322 g/mol. The van der Waals surface area contributed by atoms with Crippen LogP contribution < -0.4 is 5.43 Å². The van der Waals surface area contributed by atoms with Gasteiger partial charge in [0.2, 0.25) is 0 Å². The van der Waals surface area contributed by atoms with Gasteiger partial charge in [0.05, 0.1) is 11.4 Å². The Labute approximate surface area is 120 Å². The molecular weight excluding hydrogens is 312 g/mol. The van der Waals surface area contributed by atoms with Crippen LogP contribution in [0.4, 0.5) is 5.69 Å². The second kappa shape index (κ2) is 6.03. The summed E-state index contributed by atoms with van der Waals surface area (Å²) in [6.45, 7) is 1.94. The largest absolute Gasteiger partial charge is 0.278 e. The highest BCUT2D eigenvalue weighted by molar-refractivity contribution is 9.10. The zero-order chi connectivity index (χ0) is 13.0. The molecule has 2 aromatic carbocycles. The van der Waals surface area contributed by atoms with Crippen molar-refractivity contribution in [2.45, 2.75) is 6.92 Å². The summed E-state index contributed by atoms with van der Waals surface area (Å²) in [5.74, 6) is 0. The van der Waals surface area contributed by atoms with Gasteiger partial charge in [-0.3, -0.25) is 5.43 Å². The first-order valence-corrected chi connectivity index (χ1v) is 6.64. The van der Waals surface area contributed by atoms with Crippen molar-refractivity contribution in [1.82, 2.24) is 0 Å². The summed E-state index contributed by atoms with van der Waals surface area (Å²) in [6.07, 6.45) is 0. The molecule has 18 heavy (non-hydrogen) atoms. The fourth-order valence-corrected chi connectivity index (χ4v) is 1.91. The molecule has 0 atom stereocenters. The fraction of sp³-hybridized carbons (Fsp3) is 0.0714. The summed E-state index contributed by atoms with van der Waals surface area (Å²) < 4.78 is 1.04. The Morgan fingerprint density at radius 2 is 1.89 bits per heavy atom. The van der Waals surface area contributed by atoms with Crippen molar-refractivity contribution < 1.29 is 0 Å². The Hall–Kier alpha value is -1.32. The Morgan fingerprint density at radius 1 is 1.17 bits per heavy atom. The zero-order valence-corrected chi connectivity index (χ0v) is 12.2. The minimum Gasteiger partial charge on any atom is -0.278 e. The van der Waals surface area contributed by atoms with Gasteiger partial charge < -0.3 is 0 Å². The third-order valence-electron chi connectivity index (χ3n) is 2.44. The quantitative estimate of drug-likeness (QED) is 0.628. The molecule has 2 nitrogen and oxygen atoms in total. The normalized spacial score (nSPS) is 11.4. The number of hydrogen-bond acceptors (Lipinski definition) is 2. The second-order valence-electron chi connectivity index (χ2n) is 3.83. The molecule has 0 fully saturated rings. The van der Waals surface area contributed by atoms with Gasteiger partial charge in [-0.2, -0.15) is 5.10 Å². The minimum absolute atomic E-state index is 0.714. The maximum Gasteiger partial charge on any atom is 0.0649 e. The Kier molecular flexibility index (Phi) is 4.39.